The number of benzene rings is 1. The Morgan fingerprint density at radius 3 is 3.19 bits per heavy atom. The summed E-state index contributed by atoms with van der Waals surface area (Å²) < 4.78 is 11.8. The number of halogens is 1. The summed E-state index contributed by atoms with van der Waals surface area (Å²) in [5, 5.41) is 0. The summed E-state index contributed by atoms with van der Waals surface area (Å²) in [6.45, 7) is 3.39. The van der Waals surface area contributed by atoms with E-state index >= 15 is 0 Å². The van der Waals surface area contributed by atoms with Crippen LogP contribution in [-0.2, 0) is 22.5 Å². The number of carbonyl (C=O) groups is 1. The Balaban J connectivity index is 1.73. The monoisotopic (exact) mass is 353 g/mol. The van der Waals surface area contributed by atoms with Gasteiger partial charge in [0.05, 0.1) is 19.6 Å². The van der Waals surface area contributed by atoms with Crippen molar-refractivity contribution >= 4 is 21.9 Å². The first-order chi connectivity index (χ1) is 10.2. The summed E-state index contributed by atoms with van der Waals surface area (Å²) >= 11 is 3.58. The van der Waals surface area contributed by atoms with Crippen LogP contribution in [0.15, 0.2) is 16.6 Å². The van der Waals surface area contributed by atoms with Crippen LogP contribution in [0.5, 0.6) is 5.75 Å². The lowest BCUT2D eigenvalue weighted by molar-refractivity contribution is -0.147. The second-order valence-electron chi connectivity index (χ2n) is 5.75. The van der Waals surface area contributed by atoms with Crippen LogP contribution in [0, 0.1) is 5.92 Å². The SMILES string of the molecule is COC(=O)[C@H]1CCCN(Cc2cc(Br)cc3c2OCC3)C1. The van der Waals surface area contributed by atoms with Crippen molar-refractivity contribution in [2.24, 2.45) is 5.92 Å². The van der Waals surface area contributed by atoms with Crippen LogP contribution in [-0.4, -0.2) is 37.7 Å². The largest absolute Gasteiger partial charge is 0.493 e. The van der Waals surface area contributed by atoms with E-state index in [4.69, 9.17) is 9.47 Å². The minimum Gasteiger partial charge on any atom is -0.493 e. The molecule has 1 saturated heterocycles. The average Bonchev–Trinajstić information content (AvgIpc) is 2.95. The Morgan fingerprint density at radius 2 is 2.38 bits per heavy atom. The van der Waals surface area contributed by atoms with E-state index in [1.165, 1.54) is 18.2 Å². The molecule has 0 unspecified atom stereocenters. The number of carbonyl (C=O) groups excluding carboxylic acids is 1. The first-order valence-corrected chi connectivity index (χ1v) is 8.21. The van der Waals surface area contributed by atoms with Gasteiger partial charge in [0.1, 0.15) is 5.75 Å². The quantitative estimate of drug-likeness (QED) is 0.783. The second-order valence-corrected chi connectivity index (χ2v) is 6.66. The number of esters is 1. The predicted molar refractivity (Wildman–Crippen MR) is 83.4 cm³/mol. The molecular formula is C16H20BrNO3. The molecular weight excluding hydrogens is 334 g/mol. The Labute approximate surface area is 133 Å². The minimum atomic E-state index is -0.0876. The molecule has 1 aromatic rings. The number of hydrogen-bond donors (Lipinski definition) is 0. The van der Waals surface area contributed by atoms with E-state index < -0.39 is 0 Å². The minimum absolute atomic E-state index is 0.00451. The van der Waals surface area contributed by atoms with Crippen LogP contribution >= 0.6 is 15.9 Å². The van der Waals surface area contributed by atoms with E-state index in [0.717, 1.165) is 55.7 Å². The molecule has 0 saturated carbocycles. The summed E-state index contributed by atoms with van der Waals surface area (Å²) in [4.78, 5) is 14.1. The molecule has 1 aromatic carbocycles. The molecule has 2 heterocycles. The molecule has 1 fully saturated rings. The van der Waals surface area contributed by atoms with Crippen molar-refractivity contribution in [3.05, 3.63) is 27.7 Å². The smallest absolute Gasteiger partial charge is 0.309 e. The number of ether oxygens (including phenoxy) is 2. The maximum Gasteiger partial charge on any atom is 0.309 e. The van der Waals surface area contributed by atoms with Gasteiger partial charge in [-0.15, -0.1) is 0 Å². The van der Waals surface area contributed by atoms with Crippen molar-refractivity contribution in [2.45, 2.75) is 25.8 Å². The normalized spacial score (nSPS) is 21.7. The number of likely N-dealkylation sites (tertiary alicyclic amines) is 1. The van der Waals surface area contributed by atoms with E-state index in [-0.39, 0.29) is 11.9 Å². The van der Waals surface area contributed by atoms with Gasteiger partial charge in [-0.3, -0.25) is 9.69 Å². The van der Waals surface area contributed by atoms with Gasteiger partial charge in [0.15, 0.2) is 0 Å². The number of piperidine rings is 1. The fourth-order valence-corrected chi connectivity index (χ4v) is 3.82. The zero-order valence-electron chi connectivity index (χ0n) is 12.2. The van der Waals surface area contributed by atoms with Crippen molar-refractivity contribution in [1.29, 1.82) is 0 Å². The van der Waals surface area contributed by atoms with E-state index in [2.05, 4.69) is 33.0 Å². The molecule has 0 aliphatic carbocycles. The van der Waals surface area contributed by atoms with E-state index in [1.54, 1.807) is 0 Å². The fourth-order valence-electron chi connectivity index (χ4n) is 3.26. The molecule has 0 radical (unpaired) electrons. The lowest BCUT2D eigenvalue weighted by Gasteiger charge is -2.31. The first kappa shape index (κ1) is 14.9. The second kappa shape index (κ2) is 6.36. The third-order valence-corrected chi connectivity index (χ3v) is 4.72. The summed E-state index contributed by atoms with van der Waals surface area (Å²) in [7, 11) is 1.47. The molecule has 0 bridgehead atoms. The Hall–Kier alpha value is -1.07. The molecule has 0 spiro atoms. The van der Waals surface area contributed by atoms with Gasteiger partial charge in [-0.05, 0) is 37.1 Å². The van der Waals surface area contributed by atoms with Crippen molar-refractivity contribution in [1.82, 2.24) is 4.90 Å². The zero-order chi connectivity index (χ0) is 14.8. The molecule has 1 atom stereocenters. The molecule has 3 rings (SSSR count). The first-order valence-electron chi connectivity index (χ1n) is 7.41. The average molecular weight is 354 g/mol. The van der Waals surface area contributed by atoms with Crippen LogP contribution in [0.2, 0.25) is 0 Å². The van der Waals surface area contributed by atoms with Crippen LogP contribution in [0.3, 0.4) is 0 Å². The van der Waals surface area contributed by atoms with Crippen molar-refractivity contribution in [2.75, 3.05) is 26.8 Å². The molecule has 0 aromatic heterocycles. The highest BCUT2D eigenvalue weighted by Gasteiger charge is 2.27. The van der Waals surface area contributed by atoms with Gasteiger partial charge in [-0.25, -0.2) is 0 Å². The molecule has 0 amide bonds. The Kier molecular flexibility index (Phi) is 4.50. The summed E-state index contributed by atoms with van der Waals surface area (Å²) in [5.74, 6) is 0.957. The topological polar surface area (TPSA) is 38.8 Å². The molecule has 2 aliphatic rings. The van der Waals surface area contributed by atoms with Gasteiger partial charge in [0, 0.05) is 29.5 Å². The van der Waals surface area contributed by atoms with Crippen molar-refractivity contribution < 1.29 is 14.3 Å². The van der Waals surface area contributed by atoms with E-state index in [0.29, 0.717) is 0 Å². The van der Waals surface area contributed by atoms with Gasteiger partial charge in [0.25, 0.3) is 0 Å². The fraction of sp³-hybridized carbons (Fsp3) is 0.562. The number of methoxy groups -OCH3 is 1. The number of rotatable bonds is 3. The van der Waals surface area contributed by atoms with E-state index in [9.17, 15) is 4.79 Å². The van der Waals surface area contributed by atoms with Crippen LogP contribution < -0.4 is 4.74 Å². The zero-order valence-corrected chi connectivity index (χ0v) is 13.8. The highest BCUT2D eigenvalue weighted by atomic mass is 79.9. The van der Waals surface area contributed by atoms with Crippen LogP contribution in [0.4, 0.5) is 0 Å². The van der Waals surface area contributed by atoms with Crippen molar-refractivity contribution in [3.8, 4) is 5.75 Å². The third-order valence-electron chi connectivity index (χ3n) is 4.26. The highest BCUT2D eigenvalue weighted by molar-refractivity contribution is 9.10. The molecule has 21 heavy (non-hydrogen) atoms. The van der Waals surface area contributed by atoms with Crippen LogP contribution in [0.1, 0.15) is 24.0 Å². The summed E-state index contributed by atoms with van der Waals surface area (Å²) in [6.07, 6.45) is 2.94. The van der Waals surface area contributed by atoms with Crippen LogP contribution in [0.25, 0.3) is 0 Å². The lowest BCUT2D eigenvalue weighted by Crippen LogP contribution is -2.38. The number of nitrogens with zero attached hydrogens (tertiary/aromatic N) is 1. The number of fused-ring (bicyclic) bond motifs is 1. The Bertz CT molecular complexity index is 547. The molecule has 0 N–H and O–H groups in total. The van der Waals surface area contributed by atoms with Gasteiger partial charge in [-0.1, -0.05) is 15.9 Å². The van der Waals surface area contributed by atoms with Gasteiger partial charge < -0.3 is 9.47 Å². The van der Waals surface area contributed by atoms with Gasteiger partial charge in [-0.2, -0.15) is 0 Å². The lowest BCUT2D eigenvalue weighted by atomic mass is 9.97. The maximum atomic E-state index is 11.7. The van der Waals surface area contributed by atoms with Crippen molar-refractivity contribution in [3.63, 3.8) is 0 Å². The summed E-state index contributed by atoms with van der Waals surface area (Å²) in [6, 6.07) is 4.27. The molecule has 114 valence electrons. The maximum absolute atomic E-state index is 11.7. The number of hydrogen-bond acceptors (Lipinski definition) is 4. The summed E-state index contributed by atoms with van der Waals surface area (Å²) in [5.41, 5.74) is 2.49. The predicted octanol–water partition coefficient (Wildman–Crippen LogP) is 2.77. The molecule has 4 nitrogen and oxygen atoms in total. The van der Waals surface area contributed by atoms with E-state index in [1.807, 2.05) is 0 Å². The van der Waals surface area contributed by atoms with Gasteiger partial charge >= 0.3 is 5.97 Å². The molecule has 2 aliphatic heterocycles. The highest BCUT2D eigenvalue weighted by Crippen LogP contribution is 2.34. The Morgan fingerprint density at radius 1 is 1.52 bits per heavy atom. The standard InChI is InChI=1S/C16H20BrNO3/c1-20-16(19)12-3-2-5-18(9-12)10-13-8-14(17)7-11-4-6-21-15(11)13/h7-8,12H,2-6,9-10H2,1H3/t12-/m0/s1. The third kappa shape index (κ3) is 3.24. The van der Waals surface area contributed by atoms with Gasteiger partial charge in [0.2, 0.25) is 0 Å². The molecule has 5 heteroatoms.